The van der Waals surface area contributed by atoms with Crippen molar-refractivity contribution in [2.24, 2.45) is 5.92 Å². The van der Waals surface area contributed by atoms with Crippen LogP contribution in [0.3, 0.4) is 0 Å². The summed E-state index contributed by atoms with van der Waals surface area (Å²) in [5.74, 6) is -2.66. The number of hydrogen-bond donors (Lipinski definition) is 1. The van der Waals surface area contributed by atoms with E-state index in [0.29, 0.717) is 6.54 Å². The zero-order chi connectivity index (χ0) is 20.3. The number of hydrogen-bond acceptors (Lipinski definition) is 6. The number of fused-ring (bicyclic) bond motifs is 1. The number of amides is 3. The van der Waals surface area contributed by atoms with Crippen molar-refractivity contribution in [1.82, 2.24) is 10.2 Å². The van der Waals surface area contributed by atoms with E-state index < -0.39 is 36.3 Å². The smallest absolute Gasteiger partial charge is 0.330 e. The second-order valence-corrected chi connectivity index (χ2v) is 7.71. The number of rotatable bonds is 7. The monoisotopic (exact) mass is 400 g/mol. The Morgan fingerprint density at radius 1 is 1.07 bits per heavy atom. The molecule has 3 rings (SSSR count). The number of carbonyl (C=O) groups excluding carboxylic acids is 4. The molecule has 8 heteroatoms. The van der Waals surface area contributed by atoms with Gasteiger partial charge < -0.3 is 10.1 Å². The minimum atomic E-state index is -1.10. The van der Waals surface area contributed by atoms with Crippen LogP contribution < -0.4 is 5.32 Å². The van der Waals surface area contributed by atoms with E-state index in [1.807, 2.05) is 17.5 Å². The van der Waals surface area contributed by atoms with Gasteiger partial charge in [0.05, 0.1) is 17.7 Å². The predicted molar refractivity (Wildman–Crippen MR) is 103 cm³/mol. The van der Waals surface area contributed by atoms with E-state index in [1.165, 1.54) is 11.3 Å². The first-order valence-corrected chi connectivity index (χ1v) is 9.70. The zero-order valence-corrected chi connectivity index (χ0v) is 16.3. The Labute approximate surface area is 166 Å². The van der Waals surface area contributed by atoms with Gasteiger partial charge in [-0.3, -0.25) is 19.3 Å². The molecule has 1 atom stereocenters. The van der Waals surface area contributed by atoms with Crippen molar-refractivity contribution in [2.75, 3.05) is 6.61 Å². The van der Waals surface area contributed by atoms with Gasteiger partial charge in [-0.15, -0.1) is 11.3 Å². The number of benzene rings is 1. The third-order valence-electron chi connectivity index (χ3n) is 4.36. The fraction of sp³-hybridized carbons (Fsp3) is 0.300. The molecule has 0 fully saturated rings. The van der Waals surface area contributed by atoms with Crippen molar-refractivity contribution in [3.8, 4) is 0 Å². The molecule has 1 aliphatic rings. The molecule has 0 spiro atoms. The van der Waals surface area contributed by atoms with Gasteiger partial charge in [0.2, 0.25) is 0 Å². The summed E-state index contributed by atoms with van der Waals surface area (Å²) in [5.41, 5.74) is 0.527. The second-order valence-electron chi connectivity index (χ2n) is 6.68. The molecule has 1 N–H and O–H groups in total. The molecular formula is C20H20N2O5S. The molecule has 0 saturated heterocycles. The van der Waals surface area contributed by atoms with E-state index in [2.05, 4.69) is 5.32 Å². The van der Waals surface area contributed by atoms with Gasteiger partial charge in [-0.1, -0.05) is 32.0 Å². The molecule has 0 bridgehead atoms. The number of esters is 1. The molecule has 2 heterocycles. The highest BCUT2D eigenvalue weighted by Gasteiger charge is 2.44. The van der Waals surface area contributed by atoms with Crippen molar-refractivity contribution < 1.29 is 23.9 Å². The summed E-state index contributed by atoms with van der Waals surface area (Å²) < 4.78 is 5.11. The Morgan fingerprint density at radius 3 is 2.25 bits per heavy atom. The quantitative estimate of drug-likeness (QED) is 0.568. The third-order valence-corrected chi connectivity index (χ3v) is 5.24. The summed E-state index contributed by atoms with van der Waals surface area (Å²) in [4.78, 5) is 51.7. The largest absolute Gasteiger partial charge is 0.454 e. The van der Waals surface area contributed by atoms with Crippen LogP contribution >= 0.6 is 11.3 Å². The summed E-state index contributed by atoms with van der Waals surface area (Å²) in [7, 11) is 0. The number of carbonyl (C=O) groups is 4. The van der Waals surface area contributed by atoms with Crippen molar-refractivity contribution >= 4 is 35.0 Å². The highest BCUT2D eigenvalue weighted by Crippen LogP contribution is 2.27. The SMILES string of the molecule is CC(C)C(C(=O)OCC(=O)NCc1cccs1)N1C(=O)c2ccccc2C1=O. The summed E-state index contributed by atoms with van der Waals surface area (Å²) in [6.07, 6.45) is 0. The van der Waals surface area contributed by atoms with Crippen LogP contribution in [0.5, 0.6) is 0 Å². The Morgan fingerprint density at radius 2 is 1.71 bits per heavy atom. The Bertz CT molecular complexity index is 872. The lowest BCUT2D eigenvalue weighted by Gasteiger charge is -2.27. The third kappa shape index (κ3) is 3.96. The Balaban J connectivity index is 1.64. The topological polar surface area (TPSA) is 92.8 Å². The molecule has 2 aromatic rings. The van der Waals surface area contributed by atoms with Crippen molar-refractivity contribution in [3.63, 3.8) is 0 Å². The number of thiophene rings is 1. The molecule has 28 heavy (non-hydrogen) atoms. The first-order valence-electron chi connectivity index (χ1n) is 8.82. The summed E-state index contributed by atoms with van der Waals surface area (Å²) in [6.45, 7) is 3.30. The number of nitrogens with one attached hydrogen (secondary N) is 1. The van der Waals surface area contributed by atoms with Crippen molar-refractivity contribution in [3.05, 3.63) is 57.8 Å². The molecule has 1 aromatic heterocycles. The standard InChI is InChI=1S/C20H20N2O5S/c1-12(2)17(22-18(24)14-7-3-4-8-15(14)19(22)25)20(26)27-11-16(23)21-10-13-6-5-9-28-13/h3-9,12,17H,10-11H2,1-2H3,(H,21,23). The van der Waals surface area contributed by atoms with E-state index in [-0.39, 0.29) is 17.0 Å². The maximum absolute atomic E-state index is 12.6. The van der Waals surface area contributed by atoms with Crippen LogP contribution in [0.1, 0.15) is 39.4 Å². The number of ether oxygens (including phenoxy) is 1. The predicted octanol–water partition coefficient (Wildman–Crippen LogP) is 2.23. The summed E-state index contributed by atoms with van der Waals surface area (Å²) in [5, 5.41) is 4.56. The summed E-state index contributed by atoms with van der Waals surface area (Å²) >= 11 is 1.51. The van der Waals surface area contributed by atoms with Gasteiger partial charge in [0.15, 0.2) is 6.61 Å². The van der Waals surface area contributed by atoms with Crippen LogP contribution in [0.25, 0.3) is 0 Å². The van der Waals surface area contributed by atoms with Crippen LogP contribution in [0.15, 0.2) is 41.8 Å². The zero-order valence-electron chi connectivity index (χ0n) is 15.5. The summed E-state index contributed by atoms with van der Waals surface area (Å²) in [6, 6.07) is 9.09. The van der Waals surface area contributed by atoms with E-state index >= 15 is 0 Å². The first-order chi connectivity index (χ1) is 13.4. The average Bonchev–Trinajstić information content (AvgIpc) is 3.28. The van der Waals surface area contributed by atoms with Crippen molar-refractivity contribution in [1.29, 1.82) is 0 Å². The van der Waals surface area contributed by atoms with Crippen LogP contribution in [-0.4, -0.2) is 41.2 Å². The molecule has 3 amide bonds. The molecule has 1 unspecified atom stereocenters. The van der Waals surface area contributed by atoms with Gasteiger partial charge in [-0.05, 0) is 29.5 Å². The molecule has 7 nitrogen and oxygen atoms in total. The minimum absolute atomic E-state index is 0.264. The highest BCUT2D eigenvalue weighted by molar-refractivity contribution is 7.09. The first kappa shape index (κ1) is 19.8. The molecule has 1 aliphatic heterocycles. The van der Waals surface area contributed by atoms with Crippen LogP contribution in [0.2, 0.25) is 0 Å². The van der Waals surface area contributed by atoms with Gasteiger partial charge in [0.25, 0.3) is 17.7 Å². The van der Waals surface area contributed by atoms with Gasteiger partial charge >= 0.3 is 5.97 Å². The number of nitrogens with zero attached hydrogens (tertiary/aromatic N) is 1. The van der Waals surface area contributed by atoms with E-state index in [1.54, 1.807) is 38.1 Å². The molecule has 0 saturated carbocycles. The van der Waals surface area contributed by atoms with Crippen LogP contribution in [-0.2, 0) is 20.9 Å². The molecular weight excluding hydrogens is 380 g/mol. The lowest BCUT2D eigenvalue weighted by Crippen LogP contribution is -2.49. The Kier molecular flexibility index (Phi) is 5.89. The van der Waals surface area contributed by atoms with Gasteiger partial charge in [0, 0.05) is 4.88 Å². The van der Waals surface area contributed by atoms with E-state index in [9.17, 15) is 19.2 Å². The molecule has 146 valence electrons. The van der Waals surface area contributed by atoms with E-state index in [0.717, 1.165) is 9.78 Å². The number of imide groups is 1. The second kappa shape index (κ2) is 8.35. The maximum Gasteiger partial charge on any atom is 0.330 e. The Hall–Kier alpha value is -3.00. The normalized spacial score (nSPS) is 14.2. The molecule has 0 radical (unpaired) electrons. The fourth-order valence-corrected chi connectivity index (χ4v) is 3.65. The van der Waals surface area contributed by atoms with Gasteiger partial charge in [-0.25, -0.2) is 4.79 Å². The molecule has 1 aromatic carbocycles. The lowest BCUT2D eigenvalue weighted by molar-refractivity contribution is -0.153. The lowest BCUT2D eigenvalue weighted by atomic mass is 10.0. The van der Waals surface area contributed by atoms with Crippen LogP contribution in [0, 0.1) is 5.92 Å². The van der Waals surface area contributed by atoms with E-state index in [4.69, 9.17) is 4.74 Å². The van der Waals surface area contributed by atoms with Gasteiger partial charge in [-0.2, -0.15) is 0 Å². The van der Waals surface area contributed by atoms with Crippen LogP contribution in [0.4, 0.5) is 0 Å². The molecule has 0 aliphatic carbocycles. The van der Waals surface area contributed by atoms with Crippen molar-refractivity contribution in [2.45, 2.75) is 26.4 Å². The van der Waals surface area contributed by atoms with Gasteiger partial charge in [0.1, 0.15) is 6.04 Å². The fourth-order valence-electron chi connectivity index (χ4n) is 3.01. The minimum Gasteiger partial charge on any atom is -0.454 e. The average molecular weight is 400 g/mol. The maximum atomic E-state index is 12.6. The highest BCUT2D eigenvalue weighted by atomic mass is 32.1.